The first-order valence-corrected chi connectivity index (χ1v) is 9.47. The molecule has 0 radical (unpaired) electrons. The number of para-hydroxylation sites is 1. The Morgan fingerprint density at radius 1 is 1.11 bits per heavy atom. The first kappa shape index (κ1) is 18.1. The zero-order chi connectivity index (χ0) is 19.5. The maximum atomic E-state index is 12.3. The van der Waals surface area contributed by atoms with Crippen LogP contribution in [0.4, 0.5) is 5.69 Å². The van der Waals surface area contributed by atoms with E-state index in [-0.39, 0.29) is 24.8 Å². The minimum absolute atomic E-state index is 0.142. The van der Waals surface area contributed by atoms with Crippen LogP contribution in [0.25, 0.3) is 11.0 Å². The molecule has 28 heavy (non-hydrogen) atoms. The topological polar surface area (TPSA) is 74.6 Å². The number of amides is 2. The Morgan fingerprint density at radius 2 is 1.93 bits per heavy atom. The molecule has 0 aliphatic carbocycles. The molecule has 4 rings (SSSR count). The number of carbonyl (C=O) groups is 2. The fourth-order valence-electron chi connectivity index (χ4n) is 3.67. The van der Waals surface area contributed by atoms with E-state index in [1.54, 1.807) is 6.26 Å². The fourth-order valence-corrected chi connectivity index (χ4v) is 3.67. The molecule has 0 saturated carbocycles. The summed E-state index contributed by atoms with van der Waals surface area (Å²) in [5, 5.41) is 0.914. The second kappa shape index (κ2) is 7.76. The number of hydrogen-bond donors (Lipinski definition) is 2. The van der Waals surface area contributed by atoms with E-state index < -0.39 is 0 Å². The highest BCUT2D eigenvalue weighted by Crippen LogP contribution is 2.26. The number of carbonyl (C=O) groups excluding carboxylic acids is 2. The minimum Gasteiger partial charge on any atom is -0.464 e. The molecule has 1 aromatic heterocycles. The van der Waals surface area contributed by atoms with E-state index in [4.69, 9.17) is 4.42 Å². The van der Waals surface area contributed by atoms with Gasteiger partial charge in [-0.2, -0.15) is 0 Å². The van der Waals surface area contributed by atoms with Crippen molar-refractivity contribution in [1.82, 2.24) is 10.9 Å². The number of anilines is 1. The van der Waals surface area contributed by atoms with Crippen LogP contribution in [-0.2, 0) is 22.4 Å². The molecule has 2 amide bonds. The molecule has 0 saturated heterocycles. The van der Waals surface area contributed by atoms with Crippen molar-refractivity contribution in [3.05, 3.63) is 65.4 Å². The molecule has 1 aliphatic rings. The molecule has 0 fully saturated rings. The number of fused-ring (bicyclic) bond motifs is 2. The summed E-state index contributed by atoms with van der Waals surface area (Å²) in [7, 11) is 0. The Bertz CT molecular complexity index is 1020. The van der Waals surface area contributed by atoms with Gasteiger partial charge < -0.3 is 9.32 Å². The van der Waals surface area contributed by atoms with Crippen LogP contribution in [0.2, 0.25) is 0 Å². The summed E-state index contributed by atoms with van der Waals surface area (Å²) in [5.41, 5.74) is 10.0. The average Bonchev–Trinajstić information content (AvgIpc) is 3.08. The van der Waals surface area contributed by atoms with Crippen molar-refractivity contribution in [2.45, 2.75) is 26.2 Å². The van der Waals surface area contributed by atoms with E-state index in [1.807, 2.05) is 48.2 Å². The van der Waals surface area contributed by atoms with Crippen molar-refractivity contribution in [2.24, 2.45) is 0 Å². The molecule has 6 heteroatoms. The third kappa shape index (κ3) is 3.86. The molecule has 6 nitrogen and oxygen atoms in total. The number of furan rings is 1. The first-order chi connectivity index (χ1) is 13.6. The predicted octanol–water partition coefficient (Wildman–Crippen LogP) is 2.88. The highest BCUT2D eigenvalue weighted by Gasteiger charge is 2.19. The zero-order valence-electron chi connectivity index (χ0n) is 15.8. The molecule has 2 heterocycles. The van der Waals surface area contributed by atoms with Crippen molar-refractivity contribution in [3.8, 4) is 0 Å². The SMILES string of the molecule is Cc1ccc2c(CC(=O)NNC(=O)CN3CCCc4ccccc43)coc2c1. The average molecular weight is 377 g/mol. The summed E-state index contributed by atoms with van der Waals surface area (Å²) < 4.78 is 5.52. The molecular formula is C22H23N3O3. The summed E-state index contributed by atoms with van der Waals surface area (Å²) in [6.45, 7) is 3.04. The van der Waals surface area contributed by atoms with Gasteiger partial charge in [0.05, 0.1) is 19.2 Å². The van der Waals surface area contributed by atoms with Gasteiger partial charge >= 0.3 is 0 Å². The molecule has 144 valence electrons. The number of nitrogens with one attached hydrogen (secondary N) is 2. The van der Waals surface area contributed by atoms with Crippen molar-refractivity contribution < 1.29 is 14.0 Å². The van der Waals surface area contributed by atoms with E-state index in [2.05, 4.69) is 16.9 Å². The monoisotopic (exact) mass is 377 g/mol. The molecule has 0 unspecified atom stereocenters. The van der Waals surface area contributed by atoms with Crippen LogP contribution < -0.4 is 15.8 Å². The van der Waals surface area contributed by atoms with Gasteiger partial charge in [0.15, 0.2) is 0 Å². The largest absolute Gasteiger partial charge is 0.464 e. The molecule has 2 aromatic carbocycles. The molecular weight excluding hydrogens is 354 g/mol. The van der Waals surface area contributed by atoms with Gasteiger partial charge in [-0.3, -0.25) is 20.4 Å². The molecule has 2 N–H and O–H groups in total. The Hall–Kier alpha value is -3.28. The fraction of sp³-hybridized carbons (Fsp3) is 0.273. The maximum Gasteiger partial charge on any atom is 0.257 e. The van der Waals surface area contributed by atoms with Gasteiger partial charge in [-0.15, -0.1) is 0 Å². The van der Waals surface area contributed by atoms with Crippen molar-refractivity contribution in [2.75, 3.05) is 18.0 Å². The van der Waals surface area contributed by atoms with Gasteiger partial charge in [0.25, 0.3) is 5.91 Å². The summed E-state index contributed by atoms with van der Waals surface area (Å²) in [6, 6.07) is 14.0. The van der Waals surface area contributed by atoms with E-state index in [9.17, 15) is 9.59 Å². The zero-order valence-corrected chi connectivity index (χ0v) is 15.8. The number of rotatable bonds is 4. The number of benzene rings is 2. The summed E-state index contributed by atoms with van der Waals surface area (Å²) in [4.78, 5) is 26.6. The first-order valence-electron chi connectivity index (χ1n) is 9.47. The third-order valence-electron chi connectivity index (χ3n) is 5.04. The highest BCUT2D eigenvalue weighted by molar-refractivity contribution is 5.89. The van der Waals surface area contributed by atoms with Gasteiger partial charge in [0.1, 0.15) is 5.58 Å². The second-order valence-electron chi connectivity index (χ2n) is 7.19. The summed E-state index contributed by atoms with van der Waals surface area (Å²) >= 11 is 0. The van der Waals surface area contributed by atoms with Crippen molar-refractivity contribution >= 4 is 28.5 Å². The molecule has 0 bridgehead atoms. The standard InChI is InChI=1S/C22H23N3O3/c1-15-8-9-18-17(14-28-20(18)11-15)12-21(26)23-24-22(27)13-25-10-4-6-16-5-2-3-7-19(16)25/h2-3,5,7-9,11,14H,4,6,10,12-13H2,1H3,(H,23,26)(H,24,27). The highest BCUT2D eigenvalue weighted by atomic mass is 16.3. The second-order valence-corrected chi connectivity index (χ2v) is 7.19. The third-order valence-corrected chi connectivity index (χ3v) is 5.04. The number of hydrazine groups is 1. The van der Waals surface area contributed by atoms with Crippen LogP contribution in [0.1, 0.15) is 23.1 Å². The Morgan fingerprint density at radius 3 is 2.82 bits per heavy atom. The van der Waals surface area contributed by atoms with E-state index in [1.165, 1.54) is 5.56 Å². The normalized spacial score (nSPS) is 13.2. The number of hydrogen-bond acceptors (Lipinski definition) is 4. The number of aryl methyl sites for hydroxylation is 2. The minimum atomic E-state index is -0.282. The van der Waals surface area contributed by atoms with Gasteiger partial charge in [0, 0.05) is 23.2 Å². The Labute approximate surface area is 163 Å². The number of nitrogens with zero attached hydrogens (tertiary/aromatic N) is 1. The Kier molecular flexibility index (Phi) is 5.02. The van der Waals surface area contributed by atoms with Crippen LogP contribution in [0.5, 0.6) is 0 Å². The van der Waals surface area contributed by atoms with Crippen LogP contribution >= 0.6 is 0 Å². The Balaban J connectivity index is 1.32. The van der Waals surface area contributed by atoms with Gasteiger partial charge in [0.2, 0.25) is 5.91 Å². The lowest BCUT2D eigenvalue weighted by Crippen LogP contribution is -2.47. The quantitative estimate of drug-likeness (QED) is 0.686. The van der Waals surface area contributed by atoms with Gasteiger partial charge in [-0.1, -0.05) is 30.3 Å². The van der Waals surface area contributed by atoms with E-state index in [0.29, 0.717) is 0 Å². The lowest BCUT2D eigenvalue weighted by Gasteiger charge is -2.30. The maximum absolute atomic E-state index is 12.3. The lowest BCUT2D eigenvalue weighted by atomic mass is 10.0. The summed E-state index contributed by atoms with van der Waals surface area (Å²) in [5.74, 6) is -0.520. The molecule has 3 aromatic rings. The molecule has 0 atom stereocenters. The van der Waals surface area contributed by atoms with E-state index >= 15 is 0 Å². The van der Waals surface area contributed by atoms with Gasteiger partial charge in [-0.25, -0.2) is 0 Å². The van der Waals surface area contributed by atoms with Crippen molar-refractivity contribution in [1.29, 1.82) is 0 Å². The van der Waals surface area contributed by atoms with Crippen LogP contribution in [-0.4, -0.2) is 24.9 Å². The molecule has 1 aliphatic heterocycles. The molecule has 0 spiro atoms. The lowest BCUT2D eigenvalue weighted by molar-refractivity contribution is -0.127. The summed E-state index contributed by atoms with van der Waals surface area (Å²) in [6.07, 6.45) is 3.78. The van der Waals surface area contributed by atoms with Crippen LogP contribution in [0.3, 0.4) is 0 Å². The van der Waals surface area contributed by atoms with Crippen LogP contribution in [0, 0.1) is 6.92 Å². The van der Waals surface area contributed by atoms with Gasteiger partial charge in [-0.05, 0) is 43.0 Å². The van der Waals surface area contributed by atoms with Crippen molar-refractivity contribution in [3.63, 3.8) is 0 Å². The predicted molar refractivity (Wildman–Crippen MR) is 108 cm³/mol. The smallest absolute Gasteiger partial charge is 0.257 e. The van der Waals surface area contributed by atoms with E-state index in [0.717, 1.165) is 47.2 Å². The van der Waals surface area contributed by atoms with Crippen LogP contribution in [0.15, 0.2) is 53.1 Å².